The highest BCUT2D eigenvalue weighted by Gasteiger charge is 2.23. The number of pyridine rings is 1. The Balaban J connectivity index is 1.35. The number of halogens is 1. The van der Waals surface area contributed by atoms with E-state index in [0.717, 1.165) is 42.3 Å². The lowest BCUT2D eigenvalue weighted by Gasteiger charge is -2.30. The van der Waals surface area contributed by atoms with Crippen LogP contribution in [0.1, 0.15) is 41.6 Å². The first-order valence-electron chi connectivity index (χ1n) is 9.74. The fourth-order valence-corrected chi connectivity index (χ4v) is 4.01. The van der Waals surface area contributed by atoms with Crippen molar-refractivity contribution in [2.75, 3.05) is 5.32 Å². The molecule has 4 rings (SSSR count). The van der Waals surface area contributed by atoms with E-state index in [0.29, 0.717) is 22.2 Å². The zero-order valence-corrected chi connectivity index (χ0v) is 16.6. The van der Waals surface area contributed by atoms with Gasteiger partial charge in [0.05, 0.1) is 17.1 Å². The highest BCUT2D eigenvalue weighted by molar-refractivity contribution is 6.31. The Labute approximate surface area is 174 Å². The topological polar surface area (TPSA) is 77.8 Å². The summed E-state index contributed by atoms with van der Waals surface area (Å²) in [5, 5.41) is 17.5. The average Bonchev–Trinajstić information content (AvgIpc) is 2.75. The molecule has 2 aromatic carbocycles. The number of nitriles is 1. The van der Waals surface area contributed by atoms with Gasteiger partial charge in [0.15, 0.2) is 0 Å². The molecule has 146 valence electrons. The fourth-order valence-electron chi connectivity index (χ4n) is 3.85. The van der Waals surface area contributed by atoms with E-state index in [1.165, 1.54) is 0 Å². The zero-order valence-electron chi connectivity index (χ0n) is 15.9. The summed E-state index contributed by atoms with van der Waals surface area (Å²) < 4.78 is 0. The number of fused-ring (bicyclic) bond motifs is 1. The van der Waals surface area contributed by atoms with Crippen molar-refractivity contribution in [3.63, 3.8) is 0 Å². The van der Waals surface area contributed by atoms with Crippen molar-refractivity contribution in [1.82, 2.24) is 10.3 Å². The number of hydrogen-bond donors (Lipinski definition) is 2. The minimum Gasteiger partial charge on any atom is -0.382 e. The largest absolute Gasteiger partial charge is 0.382 e. The molecular formula is C23H21ClN4O. The highest BCUT2D eigenvalue weighted by atomic mass is 35.5. The maximum Gasteiger partial charge on any atom is 0.251 e. The summed E-state index contributed by atoms with van der Waals surface area (Å²) in [6.07, 6.45) is 5.57. The lowest BCUT2D eigenvalue weighted by molar-refractivity contribution is 0.0926. The standard InChI is InChI=1S/C23H21ClN4O/c24-17-4-9-20-21(10-11-26-22(20)13-17)27-18-5-7-19(8-6-18)28-23(29)16-3-1-2-15(12-16)14-25/h1-4,9-13,18-19H,5-8H2,(H,26,27)(H,28,29). The van der Waals surface area contributed by atoms with Crippen molar-refractivity contribution in [3.05, 3.63) is 70.9 Å². The SMILES string of the molecule is N#Cc1cccc(C(=O)NC2CCC(Nc3ccnc4cc(Cl)ccc34)CC2)c1. The van der Waals surface area contributed by atoms with Gasteiger partial charge in [0.25, 0.3) is 5.91 Å². The molecule has 0 saturated heterocycles. The minimum absolute atomic E-state index is 0.115. The van der Waals surface area contributed by atoms with Crippen LogP contribution in [0.5, 0.6) is 0 Å². The zero-order chi connectivity index (χ0) is 20.2. The second-order valence-corrected chi connectivity index (χ2v) is 7.82. The number of nitrogens with zero attached hydrogens (tertiary/aromatic N) is 2. The van der Waals surface area contributed by atoms with Crippen LogP contribution in [0.2, 0.25) is 5.02 Å². The smallest absolute Gasteiger partial charge is 0.251 e. The number of amides is 1. The van der Waals surface area contributed by atoms with Gasteiger partial charge in [0.2, 0.25) is 0 Å². The van der Waals surface area contributed by atoms with Crippen LogP contribution in [0, 0.1) is 11.3 Å². The van der Waals surface area contributed by atoms with Gasteiger partial charge in [0.1, 0.15) is 0 Å². The van der Waals surface area contributed by atoms with Crippen LogP contribution < -0.4 is 10.6 Å². The fraction of sp³-hybridized carbons (Fsp3) is 0.261. The predicted octanol–water partition coefficient (Wildman–Crippen LogP) is 4.91. The van der Waals surface area contributed by atoms with E-state index in [1.54, 1.807) is 30.5 Å². The van der Waals surface area contributed by atoms with Gasteiger partial charge in [-0.25, -0.2) is 0 Å². The van der Waals surface area contributed by atoms with E-state index in [9.17, 15) is 4.79 Å². The molecule has 0 aliphatic heterocycles. The highest BCUT2D eigenvalue weighted by Crippen LogP contribution is 2.28. The molecule has 1 aliphatic carbocycles. The van der Waals surface area contributed by atoms with Crippen molar-refractivity contribution < 1.29 is 4.79 Å². The molecule has 1 aliphatic rings. The number of benzene rings is 2. The van der Waals surface area contributed by atoms with Crippen LogP contribution >= 0.6 is 11.6 Å². The van der Waals surface area contributed by atoms with Gasteiger partial charge in [-0.3, -0.25) is 9.78 Å². The van der Waals surface area contributed by atoms with Crippen LogP contribution in [-0.2, 0) is 0 Å². The Morgan fingerprint density at radius 2 is 1.86 bits per heavy atom. The lowest BCUT2D eigenvalue weighted by atomic mass is 9.90. The van der Waals surface area contributed by atoms with Gasteiger partial charge in [-0.2, -0.15) is 5.26 Å². The molecule has 0 spiro atoms. The molecule has 1 saturated carbocycles. The van der Waals surface area contributed by atoms with E-state index in [2.05, 4.69) is 21.7 Å². The molecular weight excluding hydrogens is 384 g/mol. The molecule has 0 atom stereocenters. The van der Waals surface area contributed by atoms with Crippen LogP contribution in [0.25, 0.3) is 10.9 Å². The number of nitrogens with one attached hydrogen (secondary N) is 2. The Hall–Kier alpha value is -3.10. The van der Waals surface area contributed by atoms with Gasteiger partial charge >= 0.3 is 0 Å². The normalized spacial score (nSPS) is 18.8. The summed E-state index contributed by atoms with van der Waals surface area (Å²) in [5.74, 6) is -0.115. The maximum atomic E-state index is 12.5. The number of rotatable bonds is 4. The molecule has 2 N–H and O–H groups in total. The van der Waals surface area contributed by atoms with Gasteiger partial charge in [-0.1, -0.05) is 17.7 Å². The van der Waals surface area contributed by atoms with Crippen molar-refractivity contribution >= 4 is 34.1 Å². The van der Waals surface area contributed by atoms with E-state index in [-0.39, 0.29) is 11.9 Å². The van der Waals surface area contributed by atoms with Gasteiger partial charge < -0.3 is 10.6 Å². The molecule has 1 aromatic heterocycles. The quantitative estimate of drug-likeness (QED) is 0.647. The maximum absolute atomic E-state index is 12.5. The van der Waals surface area contributed by atoms with E-state index in [1.807, 2.05) is 24.3 Å². The third-order valence-electron chi connectivity index (χ3n) is 5.38. The molecule has 29 heavy (non-hydrogen) atoms. The molecule has 1 amide bonds. The average molecular weight is 405 g/mol. The summed E-state index contributed by atoms with van der Waals surface area (Å²) in [6, 6.07) is 17.1. The van der Waals surface area contributed by atoms with E-state index >= 15 is 0 Å². The second kappa shape index (κ2) is 8.50. The molecule has 0 bridgehead atoms. The predicted molar refractivity (Wildman–Crippen MR) is 115 cm³/mol. The van der Waals surface area contributed by atoms with Crippen molar-refractivity contribution in [1.29, 1.82) is 5.26 Å². The summed E-state index contributed by atoms with van der Waals surface area (Å²) in [6.45, 7) is 0. The summed E-state index contributed by atoms with van der Waals surface area (Å²) in [5.41, 5.74) is 2.97. The first kappa shape index (κ1) is 19.2. The Bertz CT molecular complexity index is 1080. The Kier molecular flexibility index (Phi) is 5.64. The number of aromatic nitrogens is 1. The van der Waals surface area contributed by atoms with Crippen LogP contribution in [0.15, 0.2) is 54.7 Å². The van der Waals surface area contributed by atoms with Crippen molar-refractivity contribution in [2.45, 2.75) is 37.8 Å². The molecule has 1 heterocycles. The van der Waals surface area contributed by atoms with E-state index < -0.39 is 0 Å². The second-order valence-electron chi connectivity index (χ2n) is 7.38. The van der Waals surface area contributed by atoms with Crippen LogP contribution in [0.3, 0.4) is 0 Å². The van der Waals surface area contributed by atoms with Gasteiger partial charge in [-0.15, -0.1) is 0 Å². The molecule has 5 nitrogen and oxygen atoms in total. The van der Waals surface area contributed by atoms with Gasteiger partial charge in [0, 0.05) is 39.9 Å². The first-order valence-corrected chi connectivity index (χ1v) is 10.1. The van der Waals surface area contributed by atoms with Crippen LogP contribution in [-0.4, -0.2) is 23.0 Å². The Morgan fingerprint density at radius 1 is 1.07 bits per heavy atom. The number of carbonyl (C=O) groups excluding carboxylic acids is 1. The first-order chi connectivity index (χ1) is 14.1. The van der Waals surface area contributed by atoms with Gasteiger partial charge in [-0.05, 0) is 68.1 Å². The number of carbonyl (C=O) groups is 1. The lowest BCUT2D eigenvalue weighted by Crippen LogP contribution is -2.40. The molecule has 0 unspecified atom stereocenters. The summed E-state index contributed by atoms with van der Waals surface area (Å²) >= 11 is 6.07. The third kappa shape index (κ3) is 4.49. The van der Waals surface area contributed by atoms with Crippen molar-refractivity contribution in [2.24, 2.45) is 0 Å². The van der Waals surface area contributed by atoms with Crippen LogP contribution in [0.4, 0.5) is 5.69 Å². The minimum atomic E-state index is -0.115. The molecule has 6 heteroatoms. The molecule has 1 fully saturated rings. The molecule has 3 aromatic rings. The number of hydrogen-bond acceptors (Lipinski definition) is 4. The van der Waals surface area contributed by atoms with E-state index in [4.69, 9.17) is 16.9 Å². The summed E-state index contributed by atoms with van der Waals surface area (Å²) in [7, 11) is 0. The molecule has 0 radical (unpaired) electrons. The summed E-state index contributed by atoms with van der Waals surface area (Å²) in [4.78, 5) is 16.9. The monoisotopic (exact) mass is 404 g/mol. The Morgan fingerprint density at radius 3 is 2.66 bits per heavy atom. The third-order valence-corrected chi connectivity index (χ3v) is 5.62. The number of anilines is 1. The van der Waals surface area contributed by atoms with Crippen molar-refractivity contribution in [3.8, 4) is 6.07 Å².